The largest absolute Gasteiger partial charge is 0.192 e. The molecule has 3 aliphatic carbocycles. The fraction of sp³-hybridized carbons (Fsp3) is 0.125. The lowest BCUT2D eigenvalue weighted by molar-refractivity contribution is 0.607. The van der Waals surface area contributed by atoms with Crippen molar-refractivity contribution in [1.29, 1.82) is 10.5 Å². The van der Waals surface area contributed by atoms with Crippen LogP contribution in [-0.4, -0.2) is 0 Å². The van der Waals surface area contributed by atoms with E-state index in [1.807, 2.05) is 36.5 Å². The quantitative estimate of drug-likeness (QED) is 0.641. The second-order valence-electron chi connectivity index (χ2n) is 4.42. The predicted molar refractivity (Wildman–Crippen MR) is 68.8 cm³/mol. The minimum Gasteiger partial charge on any atom is -0.192 e. The fourth-order valence-corrected chi connectivity index (χ4v) is 2.77. The summed E-state index contributed by atoms with van der Waals surface area (Å²) in [6.07, 6.45) is 16.0. The summed E-state index contributed by atoms with van der Waals surface area (Å²) >= 11 is 0. The maximum atomic E-state index is 9.33. The van der Waals surface area contributed by atoms with E-state index in [1.54, 1.807) is 0 Å². The first-order valence-electron chi connectivity index (χ1n) is 5.85. The van der Waals surface area contributed by atoms with Gasteiger partial charge >= 0.3 is 0 Å². The van der Waals surface area contributed by atoms with Gasteiger partial charge in [-0.15, -0.1) is 0 Å². The third kappa shape index (κ3) is 1.33. The van der Waals surface area contributed by atoms with Gasteiger partial charge in [0.2, 0.25) is 0 Å². The Balaban J connectivity index is 2.30. The normalized spacial score (nSPS) is 27.7. The van der Waals surface area contributed by atoms with Crippen LogP contribution in [0.1, 0.15) is 0 Å². The average molecular weight is 230 g/mol. The monoisotopic (exact) mass is 230 g/mol. The van der Waals surface area contributed by atoms with E-state index < -0.39 is 0 Å². The molecule has 0 heterocycles. The zero-order valence-corrected chi connectivity index (χ0v) is 9.67. The Hall–Kier alpha value is -2.58. The van der Waals surface area contributed by atoms with Gasteiger partial charge in [0, 0.05) is 11.8 Å². The van der Waals surface area contributed by atoms with Crippen LogP contribution in [0.3, 0.4) is 0 Å². The van der Waals surface area contributed by atoms with Crippen molar-refractivity contribution < 1.29 is 0 Å². The number of nitrogens with zero attached hydrogens (tertiary/aromatic N) is 2. The molecule has 2 nitrogen and oxygen atoms in total. The summed E-state index contributed by atoms with van der Waals surface area (Å²) in [5.41, 5.74) is 2.97. The Labute approximate surface area is 106 Å². The van der Waals surface area contributed by atoms with E-state index in [-0.39, 0.29) is 11.8 Å². The Morgan fingerprint density at radius 2 is 1.17 bits per heavy atom. The first kappa shape index (κ1) is 10.6. The van der Waals surface area contributed by atoms with Gasteiger partial charge in [0.25, 0.3) is 0 Å². The third-order valence-corrected chi connectivity index (χ3v) is 3.57. The highest BCUT2D eigenvalue weighted by atomic mass is 14.4. The molecular formula is C16H10N2. The maximum absolute atomic E-state index is 9.33. The molecule has 2 heteroatoms. The van der Waals surface area contributed by atoms with Gasteiger partial charge in [0.1, 0.15) is 12.1 Å². The summed E-state index contributed by atoms with van der Waals surface area (Å²) in [6.45, 7) is 0. The molecule has 3 aliphatic rings. The standard InChI is InChI=1S/C16H10N2/c17-9-15-13-7-3-1-5-11(13)12-6-2-4-8-14(12)16(15)10-18/h1-8,11-12H. The van der Waals surface area contributed by atoms with Gasteiger partial charge < -0.3 is 0 Å². The van der Waals surface area contributed by atoms with E-state index in [9.17, 15) is 10.5 Å². The molecule has 0 amide bonds. The maximum Gasteiger partial charge on any atom is 0.101 e. The molecular weight excluding hydrogens is 220 g/mol. The van der Waals surface area contributed by atoms with Gasteiger partial charge in [-0.05, 0) is 11.1 Å². The molecule has 0 radical (unpaired) electrons. The van der Waals surface area contributed by atoms with Crippen molar-refractivity contribution in [3.05, 3.63) is 70.9 Å². The van der Waals surface area contributed by atoms with Crippen LogP contribution in [0.15, 0.2) is 70.9 Å². The number of nitriles is 2. The first-order chi connectivity index (χ1) is 8.86. The number of hydrogen-bond donors (Lipinski definition) is 0. The van der Waals surface area contributed by atoms with Crippen molar-refractivity contribution >= 4 is 0 Å². The van der Waals surface area contributed by atoms with Gasteiger partial charge in [-0.1, -0.05) is 48.6 Å². The minimum atomic E-state index is 0.179. The second-order valence-corrected chi connectivity index (χ2v) is 4.42. The van der Waals surface area contributed by atoms with Crippen molar-refractivity contribution in [2.45, 2.75) is 0 Å². The van der Waals surface area contributed by atoms with Crippen LogP contribution >= 0.6 is 0 Å². The number of hydrogen-bond acceptors (Lipinski definition) is 2. The van der Waals surface area contributed by atoms with E-state index in [0.717, 1.165) is 11.1 Å². The highest BCUT2D eigenvalue weighted by Gasteiger charge is 2.34. The van der Waals surface area contributed by atoms with Crippen molar-refractivity contribution in [1.82, 2.24) is 0 Å². The second kappa shape index (κ2) is 4.02. The van der Waals surface area contributed by atoms with Gasteiger partial charge in [0.15, 0.2) is 0 Å². The summed E-state index contributed by atoms with van der Waals surface area (Å²) in [6, 6.07) is 4.39. The number of rotatable bonds is 0. The smallest absolute Gasteiger partial charge is 0.101 e. The molecule has 0 saturated carbocycles. The molecule has 0 spiro atoms. The zero-order valence-electron chi connectivity index (χ0n) is 9.67. The van der Waals surface area contributed by atoms with E-state index in [2.05, 4.69) is 24.3 Å². The summed E-state index contributed by atoms with van der Waals surface area (Å²) in [7, 11) is 0. The summed E-state index contributed by atoms with van der Waals surface area (Å²) in [5.74, 6) is 0.357. The lowest BCUT2D eigenvalue weighted by Crippen LogP contribution is -2.23. The Bertz CT molecular complexity index is 607. The molecule has 0 aliphatic heterocycles. The van der Waals surface area contributed by atoms with Gasteiger partial charge in [0.05, 0.1) is 11.1 Å². The minimum absolute atomic E-state index is 0.179. The molecule has 3 rings (SSSR count). The fourth-order valence-electron chi connectivity index (χ4n) is 2.77. The molecule has 0 N–H and O–H groups in total. The van der Waals surface area contributed by atoms with Crippen molar-refractivity contribution in [3.63, 3.8) is 0 Å². The van der Waals surface area contributed by atoms with Crippen LogP contribution in [0.5, 0.6) is 0 Å². The van der Waals surface area contributed by atoms with E-state index >= 15 is 0 Å². The number of fused-ring (bicyclic) bond motifs is 3. The molecule has 0 saturated heterocycles. The molecule has 0 fully saturated rings. The lowest BCUT2D eigenvalue weighted by Gasteiger charge is -2.32. The molecule has 0 aromatic rings. The number of allylic oxidation sites excluding steroid dienone is 12. The van der Waals surface area contributed by atoms with Gasteiger partial charge in [-0.3, -0.25) is 0 Å². The highest BCUT2D eigenvalue weighted by Crippen LogP contribution is 2.43. The van der Waals surface area contributed by atoms with Crippen molar-refractivity contribution in [2.75, 3.05) is 0 Å². The molecule has 0 aromatic carbocycles. The lowest BCUT2D eigenvalue weighted by atomic mass is 9.69. The summed E-state index contributed by atoms with van der Waals surface area (Å²) in [4.78, 5) is 0. The molecule has 2 unspecified atom stereocenters. The van der Waals surface area contributed by atoms with Crippen molar-refractivity contribution in [2.24, 2.45) is 11.8 Å². The first-order valence-corrected chi connectivity index (χ1v) is 5.85. The van der Waals surface area contributed by atoms with Crippen LogP contribution in [0, 0.1) is 34.5 Å². The Morgan fingerprint density at radius 3 is 1.56 bits per heavy atom. The highest BCUT2D eigenvalue weighted by molar-refractivity contribution is 5.66. The van der Waals surface area contributed by atoms with E-state index in [4.69, 9.17) is 0 Å². The predicted octanol–water partition coefficient (Wildman–Crippen LogP) is 3.12. The summed E-state index contributed by atoms with van der Waals surface area (Å²) < 4.78 is 0. The Morgan fingerprint density at radius 1 is 0.722 bits per heavy atom. The van der Waals surface area contributed by atoms with Crippen LogP contribution in [0.4, 0.5) is 0 Å². The van der Waals surface area contributed by atoms with E-state index in [0.29, 0.717) is 11.1 Å². The van der Waals surface area contributed by atoms with E-state index in [1.165, 1.54) is 0 Å². The third-order valence-electron chi connectivity index (χ3n) is 3.57. The van der Waals surface area contributed by atoms with Gasteiger partial charge in [-0.2, -0.15) is 10.5 Å². The van der Waals surface area contributed by atoms with Crippen LogP contribution in [0.2, 0.25) is 0 Å². The SMILES string of the molecule is N#CC1=C2C=CC=CC2C2C=CC=CC2=C1C#N. The molecule has 0 aromatic heterocycles. The molecule has 84 valence electrons. The average Bonchev–Trinajstić information content (AvgIpc) is 2.45. The van der Waals surface area contributed by atoms with Crippen LogP contribution in [-0.2, 0) is 0 Å². The molecule has 18 heavy (non-hydrogen) atoms. The molecule has 0 bridgehead atoms. The van der Waals surface area contributed by atoms with Crippen LogP contribution in [0.25, 0.3) is 0 Å². The zero-order chi connectivity index (χ0) is 12.5. The van der Waals surface area contributed by atoms with Crippen molar-refractivity contribution in [3.8, 4) is 12.1 Å². The summed E-state index contributed by atoms with van der Waals surface area (Å²) in [5, 5.41) is 18.7. The van der Waals surface area contributed by atoms with Gasteiger partial charge in [-0.25, -0.2) is 0 Å². The molecule has 2 atom stereocenters. The van der Waals surface area contributed by atoms with Crippen LogP contribution < -0.4 is 0 Å². The Kier molecular flexibility index (Phi) is 2.36. The topological polar surface area (TPSA) is 47.6 Å².